The van der Waals surface area contributed by atoms with Crippen molar-refractivity contribution in [1.29, 1.82) is 5.41 Å². The molecule has 26 heavy (non-hydrogen) atoms. The number of anilines is 1. The Morgan fingerprint density at radius 3 is 2.81 bits per heavy atom. The minimum absolute atomic E-state index is 0.423. The number of nitrogens with one attached hydrogen (secondary N) is 2. The standard InChI is InChI=1S/C20H18N6/c21-18-10-15(17-8-9-26-19(17)20(22)24-13-25-26)6-7-16(18)12-23-11-14-4-2-1-3-5-14/h1-10,12-13,21,23H,11H2,(H2,22,24,25)/b16-12-,21-18?. The van der Waals surface area contributed by atoms with E-state index in [4.69, 9.17) is 11.1 Å². The van der Waals surface area contributed by atoms with E-state index in [1.807, 2.05) is 54.9 Å². The van der Waals surface area contributed by atoms with Crippen LogP contribution in [-0.2, 0) is 6.54 Å². The molecule has 6 nitrogen and oxygen atoms in total. The lowest BCUT2D eigenvalue weighted by Crippen LogP contribution is -2.10. The zero-order valence-electron chi connectivity index (χ0n) is 14.1. The van der Waals surface area contributed by atoms with E-state index < -0.39 is 0 Å². The molecule has 0 saturated carbocycles. The highest BCUT2D eigenvalue weighted by Crippen LogP contribution is 2.28. The van der Waals surface area contributed by atoms with Gasteiger partial charge in [0.25, 0.3) is 0 Å². The van der Waals surface area contributed by atoms with Gasteiger partial charge in [-0.25, -0.2) is 9.50 Å². The zero-order chi connectivity index (χ0) is 17.9. The summed E-state index contributed by atoms with van der Waals surface area (Å²) in [7, 11) is 0. The van der Waals surface area contributed by atoms with E-state index in [0.29, 0.717) is 11.5 Å². The summed E-state index contributed by atoms with van der Waals surface area (Å²) >= 11 is 0. The first-order valence-corrected chi connectivity index (χ1v) is 8.27. The molecule has 2 aromatic heterocycles. The van der Waals surface area contributed by atoms with Crippen LogP contribution in [-0.4, -0.2) is 20.3 Å². The van der Waals surface area contributed by atoms with Crippen molar-refractivity contribution in [2.75, 3.05) is 5.73 Å². The minimum Gasteiger partial charge on any atom is -0.386 e. The van der Waals surface area contributed by atoms with E-state index in [2.05, 4.69) is 27.5 Å². The van der Waals surface area contributed by atoms with Crippen LogP contribution in [0.5, 0.6) is 0 Å². The fourth-order valence-electron chi connectivity index (χ4n) is 2.94. The molecular formula is C20H18N6. The van der Waals surface area contributed by atoms with Crippen molar-refractivity contribution in [3.8, 4) is 0 Å². The summed E-state index contributed by atoms with van der Waals surface area (Å²) in [4.78, 5) is 4.06. The Kier molecular flexibility index (Phi) is 4.07. The predicted molar refractivity (Wildman–Crippen MR) is 104 cm³/mol. The van der Waals surface area contributed by atoms with Crippen molar-refractivity contribution in [2.45, 2.75) is 6.54 Å². The van der Waals surface area contributed by atoms with Crippen molar-refractivity contribution in [3.05, 3.63) is 90.1 Å². The highest BCUT2D eigenvalue weighted by atomic mass is 15.2. The number of hydrogen-bond acceptors (Lipinski definition) is 5. The molecule has 0 bridgehead atoms. The van der Waals surface area contributed by atoms with Crippen LogP contribution in [0.15, 0.2) is 78.9 Å². The third kappa shape index (κ3) is 3.00. The van der Waals surface area contributed by atoms with Crippen LogP contribution >= 0.6 is 0 Å². The minimum atomic E-state index is 0.423. The molecule has 0 aliphatic heterocycles. The van der Waals surface area contributed by atoms with E-state index in [1.165, 1.54) is 11.9 Å². The molecule has 0 saturated heterocycles. The van der Waals surface area contributed by atoms with Crippen molar-refractivity contribution >= 4 is 22.6 Å². The van der Waals surface area contributed by atoms with Gasteiger partial charge in [0, 0.05) is 30.1 Å². The number of nitrogen functional groups attached to an aromatic ring is 1. The van der Waals surface area contributed by atoms with Crippen molar-refractivity contribution < 1.29 is 0 Å². The van der Waals surface area contributed by atoms with Crippen LogP contribution in [0.1, 0.15) is 11.1 Å². The molecule has 6 heteroatoms. The van der Waals surface area contributed by atoms with Gasteiger partial charge in [-0.3, -0.25) is 0 Å². The second-order valence-electron chi connectivity index (χ2n) is 5.98. The van der Waals surface area contributed by atoms with Crippen LogP contribution in [0, 0.1) is 5.41 Å². The highest BCUT2D eigenvalue weighted by Gasteiger charge is 2.14. The molecule has 4 rings (SSSR count). The van der Waals surface area contributed by atoms with Crippen LogP contribution in [0.2, 0.25) is 0 Å². The summed E-state index contributed by atoms with van der Waals surface area (Å²) in [6.07, 6.45) is 10.9. The number of nitrogens with zero attached hydrogens (tertiary/aromatic N) is 3. The topological polar surface area (TPSA) is 92.1 Å². The van der Waals surface area contributed by atoms with Gasteiger partial charge in [-0.15, -0.1) is 0 Å². The molecule has 1 aromatic carbocycles. The van der Waals surface area contributed by atoms with Gasteiger partial charge in [0.2, 0.25) is 0 Å². The summed E-state index contributed by atoms with van der Waals surface area (Å²) < 4.78 is 1.70. The molecule has 128 valence electrons. The summed E-state index contributed by atoms with van der Waals surface area (Å²) in [6.45, 7) is 0.722. The molecule has 2 heterocycles. The van der Waals surface area contributed by atoms with Gasteiger partial charge < -0.3 is 16.5 Å². The molecule has 1 aliphatic carbocycles. The van der Waals surface area contributed by atoms with E-state index in [-0.39, 0.29) is 0 Å². The Bertz CT molecular complexity index is 1060. The lowest BCUT2D eigenvalue weighted by Gasteiger charge is -2.11. The molecule has 0 unspecified atom stereocenters. The van der Waals surface area contributed by atoms with Gasteiger partial charge in [-0.1, -0.05) is 42.5 Å². The lowest BCUT2D eigenvalue weighted by molar-refractivity contribution is 0.867. The Balaban J connectivity index is 1.54. The first-order chi connectivity index (χ1) is 12.7. The maximum atomic E-state index is 8.32. The lowest BCUT2D eigenvalue weighted by atomic mass is 9.96. The summed E-state index contributed by atoms with van der Waals surface area (Å²) in [5, 5.41) is 15.7. The van der Waals surface area contributed by atoms with Gasteiger partial charge in [0.15, 0.2) is 5.82 Å². The number of hydrogen-bond donors (Lipinski definition) is 3. The van der Waals surface area contributed by atoms with Crippen molar-refractivity contribution in [1.82, 2.24) is 19.9 Å². The number of allylic oxidation sites excluding steroid dienone is 5. The number of aromatic nitrogens is 3. The van der Waals surface area contributed by atoms with E-state index in [0.717, 1.165) is 28.8 Å². The fraction of sp³-hybridized carbons (Fsp3) is 0.0500. The van der Waals surface area contributed by atoms with Crippen molar-refractivity contribution in [3.63, 3.8) is 0 Å². The van der Waals surface area contributed by atoms with Gasteiger partial charge >= 0.3 is 0 Å². The van der Waals surface area contributed by atoms with E-state index in [1.54, 1.807) is 4.52 Å². The normalized spacial score (nSPS) is 15.5. The SMILES string of the molecule is N=C1C=C(c2ccn3ncnc(N)c23)C=C/C1=C/NCc1ccccc1. The predicted octanol–water partition coefficient (Wildman–Crippen LogP) is 2.96. The van der Waals surface area contributed by atoms with Crippen LogP contribution in [0.3, 0.4) is 0 Å². The molecule has 0 radical (unpaired) electrons. The van der Waals surface area contributed by atoms with Gasteiger partial charge in [0.05, 0.1) is 5.71 Å². The Hall–Kier alpha value is -3.67. The first kappa shape index (κ1) is 15.8. The smallest absolute Gasteiger partial charge is 0.151 e. The fourth-order valence-corrected chi connectivity index (χ4v) is 2.94. The first-order valence-electron chi connectivity index (χ1n) is 8.27. The summed E-state index contributed by atoms with van der Waals surface area (Å²) in [5.74, 6) is 0.423. The van der Waals surface area contributed by atoms with Crippen LogP contribution in [0.4, 0.5) is 5.82 Å². The van der Waals surface area contributed by atoms with Crippen molar-refractivity contribution in [2.24, 2.45) is 0 Å². The number of benzene rings is 1. The van der Waals surface area contributed by atoms with Crippen LogP contribution in [0.25, 0.3) is 11.1 Å². The highest BCUT2D eigenvalue weighted by molar-refractivity contribution is 6.15. The second-order valence-corrected chi connectivity index (χ2v) is 5.98. The third-order valence-electron chi connectivity index (χ3n) is 4.25. The Morgan fingerprint density at radius 2 is 2.00 bits per heavy atom. The molecule has 0 atom stereocenters. The molecule has 1 aliphatic rings. The largest absolute Gasteiger partial charge is 0.386 e. The quantitative estimate of drug-likeness (QED) is 0.680. The van der Waals surface area contributed by atoms with Crippen LogP contribution < -0.4 is 11.1 Å². The molecule has 4 N–H and O–H groups in total. The maximum absolute atomic E-state index is 8.32. The maximum Gasteiger partial charge on any atom is 0.151 e. The third-order valence-corrected chi connectivity index (χ3v) is 4.25. The Labute approximate surface area is 150 Å². The van der Waals surface area contributed by atoms with Gasteiger partial charge in [0.1, 0.15) is 11.8 Å². The molecule has 0 spiro atoms. The van der Waals surface area contributed by atoms with Gasteiger partial charge in [-0.2, -0.15) is 5.10 Å². The number of rotatable bonds is 4. The molecule has 3 aromatic rings. The second kappa shape index (κ2) is 6.68. The molecule has 0 amide bonds. The number of fused-ring (bicyclic) bond motifs is 1. The summed E-state index contributed by atoms with van der Waals surface area (Å²) in [6, 6.07) is 12.1. The van der Waals surface area contributed by atoms with E-state index in [9.17, 15) is 0 Å². The zero-order valence-corrected chi connectivity index (χ0v) is 14.1. The number of nitrogens with two attached hydrogens (primary N) is 1. The van der Waals surface area contributed by atoms with E-state index >= 15 is 0 Å². The average molecular weight is 342 g/mol. The Morgan fingerprint density at radius 1 is 1.15 bits per heavy atom. The average Bonchev–Trinajstić information content (AvgIpc) is 3.09. The summed E-state index contributed by atoms with van der Waals surface area (Å²) in [5.41, 5.74) is 11.1. The monoisotopic (exact) mass is 342 g/mol. The molecular weight excluding hydrogens is 324 g/mol. The van der Waals surface area contributed by atoms with Gasteiger partial charge in [-0.05, 0) is 23.3 Å². The molecule has 0 fully saturated rings.